The number of rotatable bonds is 3. The molecule has 1 aromatic carbocycles. The Kier molecular flexibility index (Phi) is 3.42. The van der Waals surface area contributed by atoms with E-state index in [-0.39, 0.29) is 5.70 Å². The number of hydrogen-bond donors (Lipinski definition) is 1. The first-order chi connectivity index (χ1) is 8.18. The molecule has 0 bridgehead atoms. The highest BCUT2D eigenvalue weighted by atomic mass is 19.1. The molecule has 0 aromatic heterocycles. The summed E-state index contributed by atoms with van der Waals surface area (Å²) < 4.78 is 13.4. The highest BCUT2D eigenvalue weighted by molar-refractivity contribution is 5.91. The summed E-state index contributed by atoms with van der Waals surface area (Å²) in [6.45, 7) is 1.46. The molecule has 1 fully saturated rings. The molecule has 1 aliphatic rings. The molecule has 4 heteroatoms. The summed E-state index contributed by atoms with van der Waals surface area (Å²) in [5.41, 5.74) is 0.490. The SMILES string of the molecule is O=C(O)C(=Cc1ccccc1F)N1CCCC1. The number of hydrogen-bond acceptors (Lipinski definition) is 2. The maximum atomic E-state index is 13.4. The van der Waals surface area contributed by atoms with Crippen molar-refractivity contribution in [3.63, 3.8) is 0 Å². The van der Waals surface area contributed by atoms with Gasteiger partial charge in [0.05, 0.1) is 0 Å². The average Bonchev–Trinajstić information content (AvgIpc) is 2.81. The van der Waals surface area contributed by atoms with Gasteiger partial charge in [0.1, 0.15) is 11.5 Å². The van der Waals surface area contributed by atoms with E-state index < -0.39 is 11.8 Å². The maximum absolute atomic E-state index is 13.4. The topological polar surface area (TPSA) is 40.5 Å². The van der Waals surface area contributed by atoms with Gasteiger partial charge in [-0.2, -0.15) is 0 Å². The molecule has 1 aliphatic heterocycles. The van der Waals surface area contributed by atoms with Crippen LogP contribution in [0.25, 0.3) is 6.08 Å². The van der Waals surface area contributed by atoms with Gasteiger partial charge in [0.2, 0.25) is 0 Å². The summed E-state index contributed by atoms with van der Waals surface area (Å²) >= 11 is 0. The molecule has 0 unspecified atom stereocenters. The number of carbonyl (C=O) groups is 1. The third-order valence-corrected chi connectivity index (χ3v) is 2.86. The number of carboxylic acid groups (broad SMARTS) is 1. The molecule has 0 saturated carbocycles. The first-order valence-corrected chi connectivity index (χ1v) is 5.63. The van der Waals surface area contributed by atoms with Gasteiger partial charge in [0.15, 0.2) is 0 Å². The van der Waals surface area contributed by atoms with E-state index in [2.05, 4.69) is 0 Å². The zero-order valence-electron chi connectivity index (χ0n) is 9.40. The van der Waals surface area contributed by atoms with Crippen LogP contribution in [-0.2, 0) is 4.79 Å². The third-order valence-electron chi connectivity index (χ3n) is 2.86. The van der Waals surface area contributed by atoms with Crippen molar-refractivity contribution < 1.29 is 14.3 Å². The smallest absolute Gasteiger partial charge is 0.352 e. The molecule has 0 amide bonds. The van der Waals surface area contributed by atoms with Gasteiger partial charge in [-0.25, -0.2) is 9.18 Å². The first kappa shape index (κ1) is 11.6. The number of benzene rings is 1. The van der Waals surface area contributed by atoms with Crippen molar-refractivity contribution in [3.8, 4) is 0 Å². The van der Waals surface area contributed by atoms with Gasteiger partial charge in [-0.15, -0.1) is 0 Å². The van der Waals surface area contributed by atoms with Crippen molar-refractivity contribution >= 4 is 12.0 Å². The summed E-state index contributed by atoms with van der Waals surface area (Å²) in [4.78, 5) is 13.0. The van der Waals surface area contributed by atoms with Crippen LogP contribution in [0.1, 0.15) is 18.4 Å². The van der Waals surface area contributed by atoms with Gasteiger partial charge in [0.25, 0.3) is 0 Å². The summed E-state index contributed by atoms with van der Waals surface area (Å²) in [6.07, 6.45) is 3.38. The number of halogens is 1. The van der Waals surface area contributed by atoms with Gasteiger partial charge in [-0.05, 0) is 25.0 Å². The second-order valence-corrected chi connectivity index (χ2v) is 4.05. The molecule has 2 rings (SSSR count). The second-order valence-electron chi connectivity index (χ2n) is 4.05. The molecule has 1 N–H and O–H groups in total. The lowest BCUT2D eigenvalue weighted by atomic mass is 10.1. The lowest BCUT2D eigenvalue weighted by molar-refractivity contribution is -0.134. The zero-order valence-corrected chi connectivity index (χ0v) is 9.40. The number of aliphatic carboxylic acids is 1. The van der Waals surface area contributed by atoms with Crippen LogP contribution in [0.4, 0.5) is 4.39 Å². The Balaban J connectivity index is 2.33. The predicted octanol–water partition coefficient (Wildman–Crippen LogP) is 2.35. The Hall–Kier alpha value is -1.84. The van der Waals surface area contributed by atoms with E-state index in [0.717, 1.165) is 25.9 Å². The third kappa shape index (κ3) is 2.64. The summed E-state index contributed by atoms with van der Waals surface area (Å²) in [5, 5.41) is 9.15. The van der Waals surface area contributed by atoms with Crippen LogP contribution in [0.5, 0.6) is 0 Å². The molecule has 3 nitrogen and oxygen atoms in total. The Bertz CT molecular complexity index is 450. The van der Waals surface area contributed by atoms with Gasteiger partial charge in [0, 0.05) is 18.7 Å². The van der Waals surface area contributed by atoms with Crippen molar-refractivity contribution in [2.45, 2.75) is 12.8 Å². The molecule has 1 aromatic rings. The lowest BCUT2D eigenvalue weighted by Gasteiger charge is -2.17. The highest BCUT2D eigenvalue weighted by Crippen LogP contribution is 2.19. The average molecular weight is 235 g/mol. The predicted molar refractivity (Wildman–Crippen MR) is 62.8 cm³/mol. The van der Waals surface area contributed by atoms with Crippen LogP contribution >= 0.6 is 0 Å². The van der Waals surface area contributed by atoms with Gasteiger partial charge >= 0.3 is 5.97 Å². The quantitative estimate of drug-likeness (QED) is 0.817. The van der Waals surface area contributed by atoms with E-state index in [1.54, 1.807) is 23.1 Å². The largest absolute Gasteiger partial charge is 0.477 e. The Morgan fingerprint density at radius 2 is 1.94 bits per heavy atom. The number of carboxylic acids is 1. The van der Waals surface area contributed by atoms with Crippen LogP contribution in [-0.4, -0.2) is 29.1 Å². The van der Waals surface area contributed by atoms with E-state index in [0.29, 0.717) is 5.56 Å². The highest BCUT2D eigenvalue weighted by Gasteiger charge is 2.20. The Morgan fingerprint density at radius 3 is 2.53 bits per heavy atom. The monoisotopic (exact) mass is 235 g/mol. The molecule has 0 atom stereocenters. The fourth-order valence-electron chi connectivity index (χ4n) is 1.99. The molecule has 0 spiro atoms. The van der Waals surface area contributed by atoms with Crippen molar-refractivity contribution in [1.29, 1.82) is 0 Å². The van der Waals surface area contributed by atoms with E-state index in [1.807, 2.05) is 0 Å². The molecular weight excluding hydrogens is 221 g/mol. The van der Waals surface area contributed by atoms with E-state index in [9.17, 15) is 9.18 Å². The Morgan fingerprint density at radius 1 is 1.29 bits per heavy atom. The molecule has 90 valence electrons. The van der Waals surface area contributed by atoms with E-state index >= 15 is 0 Å². The fourth-order valence-corrected chi connectivity index (χ4v) is 1.99. The minimum atomic E-state index is -1.00. The lowest BCUT2D eigenvalue weighted by Crippen LogP contribution is -2.24. The van der Waals surface area contributed by atoms with Crippen LogP contribution < -0.4 is 0 Å². The van der Waals surface area contributed by atoms with Crippen LogP contribution in [0.3, 0.4) is 0 Å². The number of nitrogens with zero attached hydrogens (tertiary/aromatic N) is 1. The molecule has 1 heterocycles. The van der Waals surface area contributed by atoms with Crippen molar-refractivity contribution in [1.82, 2.24) is 4.90 Å². The van der Waals surface area contributed by atoms with E-state index in [4.69, 9.17) is 5.11 Å². The minimum Gasteiger partial charge on any atom is -0.477 e. The van der Waals surface area contributed by atoms with Crippen LogP contribution in [0, 0.1) is 5.82 Å². The summed E-state index contributed by atoms with van der Waals surface area (Å²) in [5.74, 6) is -1.40. The molecular formula is C13H14FNO2. The fraction of sp³-hybridized carbons (Fsp3) is 0.308. The molecule has 17 heavy (non-hydrogen) atoms. The maximum Gasteiger partial charge on any atom is 0.352 e. The summed E-state index contributed by atoms with van der Waals surface area (Å²) in [6, 6.07) is 6.19. The Labute approximate surface area is 99.2 Å². The van der Waals surface area contributed by atoms with Crippen molar-refractivity contribution in [2.24, 2.45) is 0 Å². The second kappa shape index (κ2) is 4.99. The normalized spacial score (nSPS) is 16.3. The van der Waals surface area contributed by atoms with Crippen LogP contribution in [0.15, 0.2) is 30.0 Å². The molecule has 0 aliphatic carbocycles. The van der Waals surface area contributed by atoms with Gasteiger partial charge in [-0.3, -0.25) is 0 Å². The van der Waals surface area contributed by atoms with Gasteiger partial charge in [-0.1, -0.05) is 18.2 Å². The molecule has 1 saturated heterocycles. The zero-order chi connectivity index (χ0) is 12.3. The summed E-state index contributed by atoms with van der Waals surface area (Å²) in [7, 11) is 0. The van der Waals surface area contributed by atoms with Crippen molar-refractivity contribution in [3.05, 3.63) is 41.3 Å². The number of likely N-dealkylation sites (tertiary alicyclic amines) is 1. The minimum absolute atomic E-state index is 0.174. The van der Waals surface area contributed by atoms with E-state index in [1.165, 1.54) is 12.1 Å². The van der Waals surface area contributed by atoms with Crippen LogP contribution in [0.2, 0.25) is 0 Å². The van der Waals surface area contributed by atoms with Gasteiger partial charge < -0.3 is 10.0 Å². The first-order valence-electron chi connectivity index (χ1n) is 5.63. The standard InChI is InChI=1S/C13H14FNO2/c14-11-6-2-1-5-10(11)9-12(13(16)17)15-7-3-4-8-15/h1-2,5-6,9H,3-4,7-8H2,(H,16,17). The van der Waals surface area contributed by atoms with Crippen molar-refractivity contribution in [2.75, 3.05) is 13.1 Å². The molecule has 0 radical (unpaired) electrons.